The van der Waals surface area contributed by atoms with E-state index in [1.807, 2.05) is 48.5 Å². The summed E-state index contributed by atoms with van der Waals surface area (Å²) in [6, 6.07) is 15.1. The van der Waals surface area contributed by atoms with Crippen molar-refractivity contribution in [3.05, 3.63) is 65.9 Å². The van der Waals surface area contributed by atoms with Crippen molar-refractivity contribution in [1.29, 1.82) is 0 Å². The molecule has 1 atom stereocenters. The van der Waals surface area contributed by atoms with Crippen LogP contribution in [0.5, 0.6) is 11.5 Å². The Kier molecular flexibility index (Phi) is 2.75. The van der Waals surface area contributed by atoms with E-state index in [0.29, 0.717) is 11.5 Å². The molecule has 0 bridgehead atoms. The number of ether oxygens (including phenoxy) is 2. The average molecular weight is 279 g/mol. The topological polar surface area (TPSA) is 51.6 Å². The van der Waals surface area contributed by atoms with E-state index in [2.05, 4.69) is 4.98 Å². The van der Waals surface area contributed by atoms with E-state index in [1.54, 1.807) is 6.20 Å². The summed E-state index contributed by atoms with van der Waals surface area (Å²) in [6.45, 7) is 0.233. The van der Waals surface area contributed by atoms with Gasteiger partial charge in [0.1, 0.15) is 6.10 Å². The zero-order chi connectivity index (χ0) is 14.2. The van der Waals surface area contributed by atoms with Crippen molar-refractivity contribution in [2.24, 2.45) is 0 Å². The van der Waals surface area contributed by atoms with Gasteiger partial charge in [-0.3, -0.25) is 4.98 Å². The molecule has 21 heavy (non-hydrogen) atoms. The Hall–Kier alpha value is -2.59. The summed E-state index contributed by atoms with van der Waals surface area (Å²) in [6.07, 6.45) is 1.06. The van der Waals surface area contributed by atoms with Gasteiger partial charge in [-0.15, -0.1) is 0 Å². The highest BCUT2D eigenvalue weighted by Gasteiger charge is 2.17. The number of rotatable bonds is 2. The lowest BCUT2D eigenvalue weighted by Crippen LogP contribution is -1.99. The molecular weight excluding hydrogens is 266 g/mol. The average Bonchev–Trinajstić information content (AvgIpc) is 3.01. The van der Waals surface area contributed by atoms with Crippen LogP contribution in [0.4, 0.5) is 0 Å². The van der Waals surface area contributed by atoms with Gasteiger partial charge in [0.25, 0.3) is 0 Å². The lowest BCUT2D eigenvalue weighted by atomic mass is 9.99. The molecular formula is C17H13NO3. The first-order valence-corrected chi connectivity index (χ1v) is 6.73. The van der Waals surface area contributed by atoms with Gasteiger partial charge in [-0.2, -0.15) is 0 Å². The molecule has 0 spiro atoms. The molecule has 1 aromatic heterocycles. The van der Waals surface area contributed by atoms with Gasteiger partial charge in [0.2, 0.25) is 6.79 Å². The van der Waals surface area contributed by atoms with E-state index >= 15 is 0 Å². The molecule has 0 amide bonds. The summed E-state index contributed by atoms with van der Waals surface area (Å²) in [5, 5.41) is 11.6. The van der Waals surface area contributed by atoms with Crippen LogP contribution in [0.25, 0.3) is 10.9 Å². The summed E-state index contributed by atoms with van der Waals surface area (Å²) in [5.41, 5.74) is 2.52. The Bertz CT molecular complexity index is 816. The molecule has 2 heterocycles. The summed E-state index contributed by atoms with van der Waals surface area (Å²) in [7, 11) is 0. The van der Waals surface area contributed by atoms with Crippen LogP contribution in [0.3, 0.4) is 0 Å². The standard InChI is InChI=1S/C17H13NO3/c19-17(13-4-6-15-16(9-13)21-10-20-15)12-3-5-14-11(8-12)2-1-7-18-14/h1-9,17,19H,10H2. The number of pyridine rings is 1. The van der Waals surface area contributed by atoms with Gasteiger partial charge >= 0.3 is 0 Å². The molecule has 1 unspecified atom stereocenters. The monoisotopic (exact) mass is 279 g/mol. The maximum absolute atomic E-state index is 10.6. The first kappa shape index (κ1) is 12.2. The van der Waals surface area contributed by atoms with Crippen LogP contribution < -0.4 is 9.47 Å². The van der Waals surface area contributed by atoms with E-state index in [1.165, 1.54) is 0 Å². The molecule has 4 rings (SSSR count). The fraction of sp³-hybridized carbons (Fsp3) is 0.118. The van der Waals surface area contributed by atoms with E-state index in [4.69, 9.17) is 9.47 Å². The van der Waals surface area contributed by atoms with Gasteiger partial charge < -0.3 is 14.6 Å². The SMILES string of the molecule is OC(c1ccc2c(c1)OCO2)c1ccc2ncccc2c1. The lowest BCUT2D eigenvalue weighted by molar-refractivity contribution is 0.173. The quantitative estimate of drug-likeness (QED) is 0.783. The number of hydrogen-bond donors (Lipinski definition) is 1. The Balaban J connectivity index is 1.73. The number of nitrogens with zero attached hydrogens (tertiary/aromatic N) is 1. The van der Waals surface area contributed by atoms with E-state index in [0.717, 1.165) is 22.0 Å². The second-order valence-corrected chi connectivity index (χ2v) is 4.97. The number of hydrogen-bond acceptors (Lipinski definition) is 4. The third-order valence-electron chi connectivity index (χ3n) is 3.66. The predicted octanol–water partition coefficient (Wildman–Crippen LogP) is 3.05. The van der Waals surface area contributed by atoms with Gasteiger partial charge in [0, 0.05) is 11.6 Å². The van der Waals surface area contributed by atoms with Crippen LogP contribution in [-0.2, 0) is 0 Å². The van der Waals surface area contributed by atoms with Crippen molar-refractivity contribution >= 4 is 10.9 Å². The van der Waals surface area contributed by atoms with Gasteiger partial charge in [0.05, 0.1) is 5.52 Å². The minimum atomic E-state index is -0.705. The van der Waals surface area contributed by atoms with Crippen molar-refractivity contribution in [3.63, 3.8) is 0 Å². The smallest absolute Gasteiger partial charge is 0.231 e. The zero-order valence-corrected chi connectivity index (χ0v) is 11.2. The third kappa shape index (κ3) is 2.10. The first-order valence-electron chi connectivity index (χ1n) is 6.73. The van der Waals surface area contributed by atoms with Crippen LogP contribution in [-0.4, -0.2) is 16.9 Å². The molecule has 1 aliphatic heterocycles. The highest BCUT2D eigenvalue weighted by Crippen LogP contribution is 2.35. The molecule has 3 aromatic rings. The second kappa shape index (κ2) is 4.75. The van der Waals surface area contributed by atoms with Crippen LogP contribution in [0.15, 0.2) is 54.7 Å². The summed E-state index contributed by atoms with van der Waals surface area (Å²) < 4.78 is 10.6. The van der Waals surface area contributed by atoms with Crippen molar-refractivity contribution in [2.45, 2.75) is 6.10 Å². The van der Waals surface area contributed by atoms with Crippen molar-refractivity contribution in [2.75, 3.05) is 6.79 Å². The lowest BCUT2D eigenvalue weighted by Gasteiger charge is -2.12. The predicted molar refractivity (Wildman–Crippen MR) is 78.4 cm³/mol. The summed E-state index contributed by atoms with van der Waals surface area (Å²) in [5.74, 6) is 1.39. The number of aromatic nitrogens is 1. The van der Waals surface area contributed by atoms with Crippen LogP contribution in [0.2, 0.25) is 0 Å². The molecule has 104 valence electrons. The largest absolute Gasteiger partial charge is 0.454 e. The van der Waals surface area contributed by atoms with Crippen LogP contribution in [0.1, 0.15) is 17.2 Å². The summed E-state index contributed by atoms with van der Waals surface area (Å²) >= 11 is 0. The minimum absolute atomic E-state index is 0.233. The van der Waals surface area contributed by atoms with Crippen molar-refractivity contribution in [1.82, 2.24) is 4.98 Å². The van der Waals surface area contributed by atoms with Gasteiger partial charge in [-0.05, 0) is 41.5 Å². The molecule has 4 heteroatoms. The molecule has 0 radical (unpaired) electrons. The fourth-order valence-corrected chi connectivity index (χ4v) is 2.54. The fourth-order valence-electron chi connectivity index (χ4n) is 2.54. The highest BCUT2D eigenvalue weighted by atomic mass is 16.7. The molecule has 0 saturated heterocycles. The van der Waals surface area contributed by atoms with Gasteiger partial charge in [-0.1, -0.05) is 18.2 Å². The maximum Gasteiger partial charge on any atom is 0.231 e. The molecule has 2 aromatic carbocycles. The minimum Gasteiger partial charge on any atom is -0.454 e. The third-order valence-corrected chi connectivity index (χ3v) is 3.66. The van der Waals surface area contributed by atoms with Gasteiger partial charge in [0.15, 0.2) is 11.5 Å². The van der Waals surface area contributed by atoms with E-state index in [-0.39, 0.29) is 6.79 Å². The van der Waals surface area contributed by atoms with Crippen molar-refractivity contribution < 1.29 is 14.6 Å². The Morgan fingerprint density at radius 3 is 2.71 bits per heavy atom. The molecule has 1 aliphatic rings. The molecule has 0 fully saturated rings. The molecule has 1 N–H and O–H groups in total. The maximum atomic E-state index is 10.6. The molecule has 0 aliphatic carbocycles. The molecule has 0 saturated carbocycles. The van der Waals surface area contributed by atoms with Gasteiger partial charge in [-0.25, -0.2) is 0 Å². The van der Waals surface area contributed by atoms with Crippen LogP contribution >= 0.6 is 0 Å². The first-order chi connectivity index (χ1) is 10.3. The number of fused-ring (bicyclic) bond motifs is 2. The Morgan fingerprint density at radius 2 is 1.76 bits per heavy atom. The van der Waals surface area contributed by atoms with Crippen LogP contribution in [0, 0.1) is 0 Å². The van der Waals surface area contributed by atoms with E-state index < -0.39 is 6.10 Å². The number of aliphatic hydroxyl groups is 1. The Morgan fingerprint density at radius 1 is 0.952 bits per heavy atom. The second-order valence-electron chi connectivity index (χ2n) is 4.97. The Labute approximate surface area is 121 Å². The normalized spacial score (nSPS) is 14.3. The number of benzene rings is 2. The van der Waals surface area contributed by atoms with E-state index in [9.17, 15) is 5.11 Å². The van der Waals surface area contributed by atoms with Crippen molar-refractivity contribution in [3.8, 4) is 11.5 Å². The zero-order valence-electron chi connectivity index (χ0n) is 11.2. The summed E-state index contributed by atoms with van der Waals surface area (Å²) in [4.78, 5) is 4.28. The molecule has 4 nitrogen and oxygen atoms in total. The highest BCUT2D eigenvalue weighted by molar-refractivity contribution is 5.79. The number of aliphatic hydroxyl groups excluding tert-OH is 1.